The van der Waals surface area contributed by atoms with E-state index in [1.165, 1.54) is 29.7 Å². The maximum atomic E-state index is 12.8. The number of nitrogens with zero attached hydrogens (tertiary/aromatic N) is 4. The van der Waals surface area contributed by atoms with Crippen LogP contribution in [0.1, 0.15) is 15.9 Å². The van der Waals surface area contributed by atoms with Gasteiger partial charge in [0, 0.05) is 23.4 Å². The van der Waals surface area contributed by atoms with Crippen LogP contribution in [0.15, 0.2) is 63.7 Å². The topological polar surface area (TPSA) is 139 Å². The van der Waals surface area contributed by atoms with Crippen LogP contribution in [0.3, 0.4) is 0 Å². The Morgan fingerprint density at radius 2 is 1.97 bits per heavy atom. The predicted octanol–water partition coefficient (Wildman–Crippen LogP) is 3.39. The van der Waals surface area contributed by atoms with E-state index in [1.807, 2.05) is 0 Å². The third-order valence-electron chi connectivity index (χ3n) is 4.27. The lowest BCUT2D eigenvalue weighted by Gasteiger charge is -2.03. The predicted molar refractivity (Wildman–Crippen MR) is 113 cm³/mol. The van der Waals surface area contributed by atoms with Crippen LogP contribution >= 0.6 is 11.3 Å². The van der Waals surface area contributed by atoms with Crippen LogP contribution in [-0.4, -0.2) is 35.7 Å². The van der Waals surface area contributed by atoms with Gasteiger partial charge in [-0.3, -0.25) is 15.1 Å². The smallest absolute Gasteiger partial charge is 0.263 e. The van der Waals surface area contributed by atoms with Crippen LogP contribution in [0.2, 0.25) is 0 Å². The molecule has 11 heteroatoms. The Hall–Kier alpha value is -3.88. The van der Waals surface area contributed by atoms with E-state index in [2.05, 4.69) is 26.5 Å². The molecule has 1 N–H and O–H groups in total. The Labute approximate surface area is 180 Å². The SMILES string of the molecule is CS(=O)(=O)c1ccc(-c2nocc2C(=O)Nc2nc(-c3ncccc3C#N)cs2)cc1. The van der Waals surface area contributed by atoms with E-state index >= 15 is 0 Å². The number of carbonyl (C=O) groups excluding carboxylic acids is 1. The van der Waals surface area contributed by atoms with Gasteiger partial charge in [-0.25, -0.2) is 13.4 Å². The highest BCUT2D eigenvalue weighted by atomic mass is 32.2. The number of carbonyl (C=O) groups is 1. The highest BCUT2D eigenvalue weighted by Crippen LogP contribution is 2.28. The first-order valence-electron chi connectivity index (χ1n) is 8.74. The third kappa shape index (κ3) is 4.20. The summed E-state index contributed by atoms with van der Waals surface area (Å²) in [6.45, 7) is 0. The van der Waals surface area contributed by atoms with Gasteiger partial charge in [0.1, 0.15) is 35.0 Å². The Morgan fingerprint density at radius 1 is 1.19 bits per heavy atom. The highest BCUT2D eigenvalue weighted by molar-refractivity contribution is 7.90. The van der Waals surface area contributed by atoms with Crippen molar-refractivity contribution in [3.05, 3.63) is 65.4 Å². The lowest BCUT2D eigenvalue weighted by Crippen LogP contribution is -2.12. The van der Waals surface area contributed by atoms with Crippen molar-refractivity contribution in [1.29, 1.82) is 5.26 Å². The number of nitrogens with one attached hydrogen (secondary N) is 1. The Kier molecular flexibility index (Phi) is 5.33. The number of rotatable bonds is 5. The molecule has 3 aromatic heterocycles. The maximum absolute atomic E-state index is 12.8. The summed E-state index contributed by atoms with van der Waals surface area (Å²) in [6, 6.07) is 11.3. The highest BCUT2D eigenvalue weighted by Gasteiger charge is 2.20. The molecule has 0 aliphatic carbocycles. The van der Waals surface area contributed by atoms with Crippen molar-refractivity contribution < 1.29 is 17.7 Å². The van der Waals surface area contributed by atoms with Crippen LogP contribution < -0.4 is 5.32 Å². The molecule has 0 bridgehead atoms. The molecular formula is C20H13N5O4S2. The minimum atomic E-state index is -3.34. The van der Waals surface area contributed by atoms with Crippen LogP contribution in [0.4, 0.5) is 5.13 Å². The summed E-state index contributed by atoms with van der Waals surface area (Å²) >= 11 is 1.19. The van der Waals surface area contributed by atoms with E-state index < -0.39 is 15.7 Å². The van der Waals surface area contributed by atoms with Crippen molar-refractivity contribution in [2.24, 2.45) is 0 Å². The monoisotopic (exact) mass is 451 g/mol. The number of benzene rings is 1. The molecule has 3 heterocycles. The molecule has 0 saturated heterocycles. The first-order chi connectivity index (χ1) is 14.9. The fourth-order valence-electron chi connectivity index (χ4n) is 2.77. The first-order valence-corrected chi connectivity index (χ1v) is 11.5. The zero-order valence-corrected chi connectivity index (χ0v) is 17.6. The molecule has 1 aromatic carbocycles. The molecular weight excluding hydrogens is 438 g/mol. The molecule has 1 amide bonds. The zero-order chi connectivity index (χ0) is 22.0. The van der Waals surface area contributed by atoms with Crippen molar-refractivity contribution in [2.45, 2.75) is 4.90 Å². The molecule has 0 saturated carbocycles. The lowest BCUT2D eigenvalue weighted by molar-refractivity contribution is 0.102. The van der Waals surface area contributed by atoms with E-state index in [9.17, 15) is 18.5 Å². The molecule has 0 aliphatic rings. The van der Waals surface area contributed by atoms with Crippen LogP contribution in [0, 0.1) is 11.3 Å². The van der Waals surface area contributed by atoms with Crippen molar-refractivity contribution in [3.63, 3.8) is 0 Å². The molecule has 0 aliphatic heterocycles. The van der Waals surface area contributed by atoms with Gasteiger partial charge in [0.05, 0.1) is 10.5 Å². The Morgan fingerprint density at radius 3 is 2.68 bits per heavy atom. The summed E-state index contributed by atoms with van der Waals surface area (Å²) in [5.41, 5.74) is 2.24. The number of thiazole rings is 1. The number of aromatic nitrogens is 3. The van der Waals surface area contributed by atoms with E-state index in [1.54, 1.807) is 35.8 Å². The second kappa shape index (κ2) is 8.10. The van der Waals surface area contributed by atoms with Gasteiger partial charge < -0.3 is 4.52 Å². The van der Waals surface area contributed by atoms with Crippen LogP contribution in [0.5, 0.6) is 0 Å². The van der Waals surface area contributed by atoms with E-state index in [0.717, 1.165) is 6.26 Å². The number of hydrogen-bond donors (Lipinski definition) is 1. The number of hydrogen-bond acceptors (Lipinski definition) is 9. The third-order valence-corrected chi connectivity index (χ3v) is 6.15. The summed E-state index contributed by atoms with van der Waals surface area (Å²) in [5.74, 6) is -0.495. The normalized spacial score (nSPS) is 11.1. The Bertz CT molecular complexity index is 1420. The fourth-order valence-corrected chi connectivity index (χ4v) is 4.09. The number of pyridine rings is 1. The number of nitriles is 1. The second-order valence-corrected chi connectivity index (χ2v) is 9.25. The van der Waals surface area contributed by atoms with Crippen molar-refractivity contribution in [3.8, 4) is 28.7 Å². The molecule has 4 aromatic rings. The summed E-state index contributed by atoms with van der Waals surface area (Å²) in [4.78, 5) is 21.4. The zero-order valence-electron chi connectivity index (χ0n) is 15.9. The molecule has 154 valence electrons. The van der Waals surface area contributed by atoms with Crippen molar-refractivity contribution in [1.82, 2.24) is 15.1 Å². The molecule has 0 spiro atoms. The van der Waals surface area contributed by atoms with E-state index in [0.29, 0.717) is 27.6 Å². The largest absolute Gasteiger partial charge is 0.363 e. The summed E-state index contributed by atoms with van der Waals surface area (Å²) < 4.78 is 28.2. The minimum Gasteiger partial charge on any atom is -0.363 e. The van der Waals surface area contributed by atoms with Crippen molar-refractivity contribution in [2.75, 3.05) is 11.6 Å². The average Bonchev–Trinajstić information content (AvgIpc) is 3.43. The number of sulfone groups is 1. The molecule has 0 radical (unpaired) electrons. The maximum Gasteiger partial charge on any atom is 0.263 e. The fraction of sp³-hybridized carbons (Fsp3) is 0.0500. The molecule has 4 rings (SSSR count). The molecule has 0 atom stereocenters. The molecule has 9 nitrogen and oxygen atoms in total. The van der Waals surface area contributed by atoms with Gasteiger partial charge in [-0.2, -0.15) is 5.26 Å². The van der Waals surface area contributed by atoms with Gasteiger partial charge in [0.2, 0.25) is 0 Å². The first kappa shape index (κ1) is 20.4. The van der Waals surface area contributed by atoms with Crippen LogP contribution in [-0.2, 0) is 9.84 Å². The van der Waals surface area contributed by atoms with Gasteiger partial charge in [0.25, 0.3) is 5.91 Å². The van der Waals surface area contributed by atoms with Gasteiger partial charge >= 0.3 is 0 Å². The molecule has 31 heavy (non-hydrogen) atoms. The summed E-state index contributed by atoms with van der Waals surface area (Å²) in [7, 11) is -3.34. The van der Waals surface area contributed by atoms with Crippen molar-refractivity contribution >= 4 is 32.2 Å². The quantitative estimate of drug-likeness (QED) is 0.487. The number of amides is 1. The van der Waals surface area contributed by atoms with Gasteiger partial charge in [-0.15, -0.1) is 11.3 Å². The summed E-state index contributed by atoms with van der Waals surface area (Å²) in [5, 5.41) is 17.8. The van der Waals surface area contributed by atoms with E-state index in [-0.39, 0.29) is 16.2 Å². The Balaban J connectivity index is 1.57. The van der Waals surface area contributed by atoms with E-state index in [4.69, 9.17) is 4.52 Å². The average molecular weight is 451 g/mol. The van der Waals surface area contributed by atoms with Crippen LogP contribution in [0.25, 0.3) is 22.6 Å². The molecule has 0 fully saturated rings. The molecule has 0 unspecified atom stereocenters. The van der Waals surface area contributed by atoms with Gasteiger partial charge in [-0.1, -0.05) is 17.3 Å². The number of anilines is 1. The van der Waals surface area contributed by atoms with Gasteiger partial charge in [-0.05, 0) is 24.3 Å². The lowest BCUT2D eigenvalue weighted by atomic mass is 10.1. The second-order valence-electron chi connectivity index (χ2n) is 6.38. The standard InChI is InChI=1S/C20H13N5O4S2/c1-31(27,28)14-6-4-12(5-7-14)17-15(10-29-25-17)19(26)24-20-23-16(11-30-20)18-13(9-21)3-2-8-22-18/h2-8,10-11H,1H3,(H,23,24,26). The van der Waals surface area contributed by atoms with Gasteiger partial charge in [0.15, 0.2) is 15.0 Å². The minimum absolute atomic E-state index is 0.160. The summed E-state index contributed by atoms with van der Waals surface area (Å²) in [6.07, 6.45) is 3.88.